The van der Waals surface area contributed by atoms with Crippen LogP contribution in [0.25, 0.3) is 0 Å². The van der Waals surface area contributed by atoms with Crippen LogP contribution in [-0.2, 0) is 9.59 Å². The van der Waals surface area contributed by atoms with Crippen molar-refractivity contribution in [3.05, 3.63) is 35.9 Å². The number of hydrogen-bond acceptors (Lipinski definition) is 3. The van der Waals surface area contributed by atoms with Gasteiger partial charge < -0.3 is 16.0 Å². The van der Waals surface area contributed by atoms with Crippen LogP contribution in [0.1, 0.15) is 38.7 Å². The van der Waals surface area contributed by atoms with Crippen LogP contribution in [0.3, 0.4) is 0 Å². The highest BCUT2D eigenvalue weighted by molar-refractivity contribution is 5.87. The molecule has 2 rings (SSSR count). The average Bonchev–Trinajstić information content (AvgIpc) is 2.93. The number of halogens is 1. The number of rotatable bonds is 5. The van der Waals surface area contributed by atoms with Crippen molar-refractivity contribution >= 4 is 24.2 Å². The Bertz CT molecular complexity index is 550. The van der Waals surface area contributed by atoms with E-state index in [4.69, 9.17) is 5.73 Å². The molecule has 3 N–H and O–H groups in total. The summed E-state index contributed by atoms with van der Waals surface area (Å²) >= 11 is 0. The Labute approximate surface area is 150 Å². The molecule has 3 atom stereocenters. The maximum atomic E-state index is 12.4. The van der Waals surface area contributed by atoms with Crippen LogP contribution >= 0.6 is 12.4 Å². The van der Waals surface area contributed by atoms with Crippen molar-refractivity contribution in [2.75, 3.05) is 13.1 Å². The summed E-state index contributed by atoms with van der Waals surface area (Å²) in [5.41, 5.74) is 7.05. The van der Waals surface area contributed by atoms with Gasteiger partial charge in [0.1, 0.15) is 0 Å². The lowest BCUT2D eigenvalue weighted by molar-refractivity contribution is -0.133. The van der Waals surface area contributed by atoms with E-state index in [1.165, 1.54) is 5.56 Å². The zero-order valence-electron chi connectivity index (χ0n) is 14.6. The maximum absolute atomic E-state index is 12.4. The van der Waals surface area contributed by atoms with Crippen molar-refractivity contribution in [3.63, 3.8) is 0 Å². The van der Waals surface area contributed by atoms with Crippen LogP contribution < -0.4 is 11.1 Å². The number of benzene rings is 1. The molecule has 0 radical (unpaired) electrons. The fourth-order valence-corrected chi connectivity index (χ4v) is 3.12. The molecule has 0 aromatic heterocycles. The van der Waals surface area contributed by atoms with Gasteiger partial charge in [-0.1, -0.05) is 44.2 Å². The third-order valence-electron chi connectivity index (χ3n) is 4.74. The molecular formula is C18H28ClN3O2. The first kappa shape index (κ1) is 20.5. The number of nitrogens with one attached hydrogen (secondary N) is 1. The van der Waals surface area contributed by atoms with E-state index in [-0.39, 0.29) is 42.7 Å². The van der Waals surface area contributed by atoms with E-state index in [2.05, 4.69) is 24.4 Å². The van der Waals surface area contributed by atoms with Gasteiger partial charge in [-0.05, 0) is 24.8 Å². The highest BCUT2D eigenvalue weighted by atomic mass is 35.5. The van der Waals surface area contributed by atoms with E-state index in [9.17, 15) is 9.59 Å². The van der Waals surface area contributed by atoms with Gasteiger partial charge in [-0.25, -0.2) is 0 Å². The van der Waals surface area contributed by atoms with E-state index in [1.54, 1.807) is 0 Å². The molecule has 0 spiro atoms. The smallest absolute Gasteiger partial charge is 0.242 e. The second-order valence-electron chi connectivity index (χ2n) is 6.62. The van der Waals surface area contributed by atoms with Gasteiger partial charge in [0.2, 0.25) is 11.8 Å². The Hall–Kier alpha value is -1.59. The van der Waals surface area contributed by atoms with Crippen molar-refractivity contribution in [2.45, 2.75) is 45.2 Å². The summed E-state index contributed by atoms with van der Waals surface area (Å²) < 4.78 is 0. The van der Waals surface area contributed by atoms with Crippen LogP contribution in [0.2, 0.25) is 0 Å². The number of carbonyl (C=O) groups excluding carboxylic acids is 2. The van der Waals surface area contributed by atoms with E-state index in [1.807, 2.05) is 36.9 Å². The minimum absolute atomic E-state index is 0. The molecule has 0 bridgehead atoms. The summed E-state index contributed by atoms with van der Waals surface area (Å²) in [7, 11) is 0. The van der Waals surface area contributed by atoms with Gasteiger partial charge in [0, 0.05) is 18.5 Å². The third-order valence-corrected chi connectivity index (χ3v) is 4.74. The third kappa shape index (κ3) is 4.71. The van der Waals surface area contributed by atoms with Crippen molar-refractivity contribution in [1.29, 1.82) is 0 Å². The number of nitrogens with zero attached hydrogens (tertiary/aromatic N) is 1. The normalized spacial score (nSPS) is 21.3. The van der Waals surface area contributed by atoms with Crippen molar-refractivity contribution in [3.8, 4) is 0 Å². The molecule has 5 nitrogen and oxygen atoms in total. The Kier molecular flexibility index (Phi) is 7.70. The topological polar surface area (TPSA) is 75.4 Å². The second-order valence-corrected chi connectivity index (χ2v) is 6.62. The molecular weight excluding hydrogens is 326 g/mol. The molecule has 1 saturated heterocycles. The largest absolute Gasteiger partial charge is 0.346 e. The lowest BCUT2D eigenvalue weighted by atomic mass is 9.93. The van der Waals surface area contributed by atoms with Crippen LogP contribution in [0, 0.1) is 5.92 Å². The number of carbonyl (C=O) groups is 2. The number of amides is 2. The van der Waals surface area contributed by atoms with Gasteiger partial charge >= 0.3 is 0 Å². The predicted molar refractivity (Wildman–Crippen MR) is 98.0 cm³/mol. The highest BCUT2D eigenvalue weighted by Gasteiger charge is 2.34. The molecule has 0 saturated carbocycles. The molecule has 1 heterocycles. The molecule has 0 aliphatic carbocycles. The van der Waals surface area contributed by atoms with Crippen molar-refractivity contribution in [1.82, 2.24) is 10.2 Å². The van der Waals surface area contributed by atoms with E-state index >= 15 is 0 Å². The molecule has 2 amide bonds. The standard InChI is InChI=1S/C18H27N3O2.ClH/c1-12(2)17(19)18(23)20-11-16(22)21-10-9-15(13(21)3)14-7-5-4-6-8-14;/h4-8,12-13,15,17H,9-11,19H2,1-3H3,(H,20,23);1H/t13?,15?,17-;/m0./s1. The Morgan fingerprint density at radius 3 is 2.50 bits per heavy atom. The zero-order valence-corrected chi connectivity index (χ0v) is 15.4. The number of nitrogens with two attached hydrogens (primary N) is 1. The molecule has 1 fully saturated rings. The predicted octanol–water partition coefficient (Wildman–Crippen LogP) is 1.91. The SMILES string of the molecule is CC(C)[C@H](N)C(=O)NCC(=O)N1CCC(c2ccccc2)C1C.Cl. The Morgan fingerprint density at radius 1 is 1.29 bits per heavy atom. The molecule has 134 valence electrons. The molecule has 2 unspecified atom stereocenters. The monoisotopic (exact) mass is 353 g/mol. The minimum atomic E-state index is -0.573. The number of likely N-dealkylation sites (tertiary alicyclic amines) is 1. The molecule has 24 heavy (non-hydrogen) atoms. The maximum Gasteiger partial charge on any atom is 0.242 e. The van der Waals surface area contributed by atoms with E-state index in [0.29, 0.717) is 5.92 Å². The van der Waals surface area contributed by atoms with Crippen LogP contribution in [0.15, 0.2) is 30.3 Å². The van der Waals surface area contributed by atoms with Crippen molar-refractivity contribution in [2.24, 2.45) is 11.7 Å². The van der Waals surface area contributed by atoms with Gasteiger partial charge in [-0.15, -0.1) is 12.4 Å². The minimum Gasteiger partial charge on any atom is -0.346 e. The summed E-state index contributed by atoms with van der Waals surface area (Å²) in [5.74, 6) is 0.104. The first-order chi connectivity index (χ1) is 10.9. The number of hydrogen-bond donors (Lipinski definition) is 2. The zero-order chi connectivity index (χ0) is 17.0. The van der Waals surface area contributed by atoms with Gasteiger partial charge in [-0.3, -0.25) is 9.59 Å². The fraction of sp³-hybridized carbons (Fsp3) is 0.556. The van der Waals surface area contributed by atoms with Gasteiger partial charge in [0.25, 0.3) is 0 Å². The lowest BCUT2D eigenvalue weighted by Gasteiger charge is -2.25. The summed E-state index contributed by atoms with van der Waals surface area (Å²) in [6, 6.07) is 9.84. The highest BCUT2D eigenvalue weighted by Crippen LogP contribution is 2.32. The van der Waals surface area contributed by atoms with Crippen LogP contribution in [0.4, 0.5) is 0 Å². The summed E-state index contributed by atoms with van der Waals surface area (Å²) in [4.78, 5) is 26.1. The van der Waals surface area contributed by atoms with E-state index in [0.717, 1.165) is 13.0 Å². The van der Waals surface area contributed by atoms with Crippen LogP contribution in [-0.4, -0.2) is 41.9 Å². The lowest BCUT2D eigenvalue weighted by Crippen LogP contribution is -2.48. The first-order valence-corrected chi connectivity index (χ1v) is 8.29. The molecule has 6 heteroatoms. The second kappa shape index (κ2) is 9.04. The average molecular weight is 354 g/mol. The van der Waals surface area contributed by atoms with Crippen molar-refractivity contribution < 1.29 is 9.59 Å². The van der Waals surface area contributed by atoms with Gasteiger partial charge in [0.05, 0.1) is 12.6 Å². The first-order valence-electron chi connectivity index (χ1n) is 8.29. The summed E-state index contributed by atoms with van der Waals surface area (Å²) in [6.07, 6.45) is 0.955. The Balaban J connectivity index is 0.00000288. The molecule has 1 aromatic carbocycles. The quantitative estimate of drug-likeness (QED) is 0.849. The van der Waals surface area contributed by atoms with E-state index < -0.39 is 6.04 Å². The van der Waals surface area contributed by atoms with Gasteiger partial charge in [-0.2, -0.15) is 0 Å². The summed E-state index contributed by atoms with van der Waals surface area (Å²) in [5, 5.41) is 2.66. The Morgan fingerprint density at radius 2 is 1.92 bits per heavy atom. The van der Waals surface area contributed by atoms with Gasteiger partial charge in [0.15, 0.2) is 0 Å². The molecule has 1 aromatic rings. The summed E-state index contributed by atoms with van der Waals surface area (Å²) in [6.45, 7) is 6.60. The molecule has 1 aliphatic heterocycles. The van der Waals surface area contributed by atoms with Crippen LogP contribution in [0.5, 0.6) is 0 Å². The molecule has 1 aliphatic rings. The fourth-order valence-electron chi connectivity index (χ4n) is 3.12.